The maximum absolute atomic E-state index is 11.3. The number of hydrogen-bond donors (Lipinski definition) is 1. The molecule has 0 amide bonds. The van der Waals surface area contributed by atoms with Crippen LogP contribution in [0, 0.1) is 12.8 Å². The van der Waals surface area contributed by atoms with Gasteiger partial charge in [0.2, 0.25) is 0 Å². The van der Waals surface area contributed by atoms with Gasteiger partial charge in [-0.1, -0.05) is 44.6 Å². The quantitative estimate of drug-likeness (QED) is 0.769. The van der Waals surface area contributed by atoms with Gasteiger partial charge in [0.25, 0.3) is 0 Å². The minimum absolute atomic E-state index is 0.161. The standard InChI is InChI=1S/C20H28O2/c1-15-12-18(13-16(14-21)19(15)22)20(10-6-3-7-11-20)17-8-4-2-5-9-17/h12-14,17,22H,2-11H2,1H3. The Morgan fingerprint density at radius 2 is 1.68 bits per heavy atom. The maximum atomic E-state index is 11.3. The lowest BCUT2D eigenvalue weighted by Crippen LogP contribution is -2.38. The van der Waals surface area contributed by atoms with Gasteiger partial charge >= 0.3 is 0 Å². The molecule has 0 saturated heterocycles. The van der Waals surface area contributed by atoms with E-state index in [1.54, 1.807) is 0 Å². The number of aromatic hydroxyl groups is 1. The van der Waals surface area contributed by atoms with Crippen LogP contribution in [-0.4, -0.2) is 11.4 Å². The summed E-state index contributed by atoms with van der Waals surface area (Å²) < 4.78 is 0. The van der Waals surface area contributed by atoms with Gasteiger partial charge in [-0.05, 0) is 61.1 Å². The third-order valence-electron chi connectivity index (χ3n) is 6.16. The first-order valence-electron chi connectivity index (χ1n) is 8.96. The first kappa shape index (κ1) is 15.6. The van der Waals surface area contributed by atoms with E-state index in [9.17, 15) is 9.90 Å². The van der Waals surface area contributed by atoms with Crippen LogP contribution < -0.4 is 0 Å². The van der Waals surface area contributed by atoms with Crippen molar-refractivity contribution in [2.75, 3.05) is 0 Å². The van der Waals surface area contributed by atoms with Crippen LogP contribution in [0.5, 0.6) is 5.75 Å². The van der Waals surface area contributed by atoms with Crippen LogP contribution in [0.15, 0.2) is 12.1 Å². The Morgan fingerprint density at radius 1 is 1.05 bits per heavy atom. The molecule has 0 aliphatic heterocycles. The minimum Gasteiger partial charge on any atom is -0.507 e. The van der Waals surface area contributed by atoms with Gasteiger partial charge in [-0.2, -0.15) is 0 Å². The van der Waals surface area contributed by atoms with Crippen LogP contribution in [0.1, 0.15) is 85.7 Å². The molecule has 0 bridgehead atoms. The molecule has 0 aromatic heterocycles. The summed E-state index contributed by atoms with van der Waals surface area (Å²) >= 11 is 0. The van der Waals surface area contributed by atoms with Gasteiger partial charge in [-0.25, -0.2) is 0 Å². The van der Waals surface area contributed by atoms with E-state index in [2.05, 4.69) is 6.07 Å². The van der Waals surface area contributed by atoms with Crippen molar-refractivity contribution in [3.05, 3.63) is 28.8 Å². The third-order valence-corrected chi connectivity index (χ3v) is 6.16. The Hall–Kier alpha value is -1.31. The highest BCUT2D eigenvalue weighted by Crippen LogP contribution is 2.50. The molecule has 2 nitrogen and oxygen atoms in total. The second-order valence-electron chi connectivity index (χ2n) is 7.40. The molecular formula is C20H28O2. The average Bonchev–Trinajstić information content (AvgIpc) is 2.58. The molecule has 2 aliphatic carbocycles. The number of carbonyl (C=O) groups excluding carboxylic acids is 1. The monoisotopic (exact) mass is 300 g/mol. The molecule has 0 heterocycles. The molecular weight excluding hydrogens is 272 g/mol. The lowest BCUT2D eigenvalue weighted by Gasteiger charge is -2.46. The van der Waals surface area contributed by atoms with E-state index in [1.165, 1.54) is 69.8 Å². The highest BCUT2D eigenvalue weighted by atomic mass is 16.3. The van der Waals surface area contributed by atoms with Gasteiger partial charge in [0.1, 0.15) is 5.75 Å². The molecule has 2 fully saturated rings. The SMILES string of the molecule is Cc1cc(C2(C3CCCCC3)CCCCC2)cc(C=O)c1O. The van der Waals surface area contributed by atoms with Crippen LogP contribution in [0.25, 0.3) is 0 Å². The van der Waals surface area contributed by atoms with E-state index in [1.807, 2.05) is 13.0 Å². The fourth-order valence-electron chi connectivity index (χ4n) is 4.95. The van der Waals surface area contributed by atoms with Crippen LogP contribution in [-0.2, 0) is 5.41 Å². The summed E-state index contributed by atoms with van der Waals surface area (Å²) in [6.07, 6.45) is 14.0. The van der Waals surface area contributed by atoms with Gasteiger partial charge in [0.05, 0.1) is 5.56 Å². The molecule has 2 heteroatoms. The Bertz CT molecular complexity index is 535. The summed E-state index contributed by atoms with van der Waals surface area (Å²) in [5.74, 6) is 0.915. The molecule has 2 aliphatic rings. The lowest BCUT2D eigenvalue weighted by atomic mass is 9.58. The summed E-state index contributed by atoms with van der Waals surface area (Å²) in [6, 6.07) is 4.14. The summed E-state index contributed by atoms with van der Waals surface area (Å²) in [7, 11) is 0. The first-order valence-corrected chi connectivity index (χ1v) is 8.96. The predicted molar refractivity (Wildman–Crippen MR) is 89.6 cm³/mol. The van der Waals surface area contributed by atoms with Crippen molar-refractivity contribution in [2.24, 2.45) is 5.92 Å². The Morgan fingerprint density at radius 3 is 2.32 bits per heavy atom. The van der Waals surface area contributed by atoms with Gasteiger partial charge in [-0.3, -0.25) is 4.79 Å². The second-order valence-corrected chi connectivity index (χ2v) is 7.40. The highest BCUT2D eigenvalue weighted by Gasteiger charge is 2.41. The summed E-state index contributed by atoms with van der Waals surface area (Å²) in [5, 5.41) is 10.1. The van der Waals surface area contributed by atoms with Gasteiger partial charge in [0, 0.05) is 0 Å². The number of aryl methyl sites for hydroxylation is 1. The number of rotatable bonds is 3. The van der Waals surface area contributed by atoms with Crippen LogP contribution in [0.3, 0.4) is 0 Å². The molecule has 1 aromatic rings. The van der Waals surface area contributed by atoms with Crippen LogP contribution in [0.4, 0.5) is 0 Å². The largest absolute Gasteiger partial charge is 0.507 e. The minimum atomic E-state index is 0.161. The fourth-order valence-corrected chi connectivity index (χ4v) is 4.95. The fraction of sp³-hybridized carbons (Fsp3) is 0.650. The summed E-state index contributed by atoms with van der Waals surface area (Å²) in [6.45, 7) is 1.92. The number of phenols is 1. The van der Waals surface area contributed by atoms with Crippen molar-refractivity contribution in [2.45, 2.75) is 76.5 Å². The van der Waals surface area contributed by atoms with Gasteiger partial charge < -0.3 is 5.11 Å². The van der Waals surface area contributed by atoms with E-state index in [-0.39, 0.29) is 11.2 Å². The predicted octanol–water partition coefficient (Wildman–Crippen LogP) is 5.30. The van der Waals surface area contributed by atoms with E-state index in [0.717, 1.165) is 17.8 Å². The normalized spacial score (nSPS) is 22.4. The molecule has 2 saturated carbocycles. The molecule has 0 spiro atoms. The topological polar surface area (TPSA) is 37.3 Å². The van der Waals surface area contributed by atoms with E-state index in [0.29, 0.717) is 5.56 Å². The summed E-state index contributed by atoms with van der Waals surface area (Å²) in [5.41, 5.74) is 2.88. The zero-order valence-corrected chi connectivity index (χ0v) is 13.7. The van der Waals surface area contributed by atoms with E-state index < -0.39 is 0 Å². The van der Waals surface area contributed by atoms with Crippen molar-refractivity contribution in [1.29, 1.82) is 0 Å². The van der Waals surface area contributed by atoms with Crippen molar-refractivity contribution in [3.63, 3.8) is 0 Å². The van der Waals surface area contributed by atoms with Crippen molar-refractivity contribution in [1.82, 2.24) is 0 Å². The second kappa shape index (κ2) is 6.44. The summed E-state index contributed by atoms with van der Waals surface area (Å²) in [4.78, 5) is 11.3. The van der Waals surface area contributed by atoms with Gasteiger partial charge in [0.15, 0.2) is 6.29 Å². The Balaban J connectivity index is 2.05. The smallest absolute Gasteiger partial charge is 0.153 e. The highest BCUT2D eigenvalue weighted by molar-refractivity contribution is 5.80. The van der Waals surface area contributed by atoms with Crippen molar-refractivity contribution in [3.8, 4) is 5.75 Å². The lowest BCUT2D eigenvalue weighted by molar-refractivity contribution is 0.111. The van der Waals surface area contributed by atoms with E-state index >= 15 is 0 Å². The third kappa shape index (κ3) is 2.68. The molecule has 0 radical (unpaired) electrons. The molecule has 120 valence electrons. The first-order chi connectivity index (χ1) is 10.7. The Kier molecular flexibility index (Phi) is 4.56. The van der Waals surface area contributed by atoms with Crippen molar-refractivity contribution < 1.29 is 9.90 Å². The van der Waals surface area contributed by atoms with Crippen molar-refractivity contribution >= 4 is 6.29 Å². The van der Waals surface area contributed by atoms with Crippen LogP contribution in [0.2, 0.25) is 0 Å². The molecule has 0 atom stereocenters. The number of phenolic OH excluding ortho intramolecular Hbond substituents is 1. The number of benzene rings is 1. The molecule has 0 unspecified atom stereocenters. The van der Waals surface area contributed by atoms with Gasteiger partial charge in [-0.15, -0.1) is 0 Å². The van der Waals surface area contributed by atoms with E-state index in [4.69, 9.17) is 0 Å². The average molecular weight is 300 g/mol. The zero-order chi connectivity index (χ0) is 15.6. The molecule has 22 heavy (non-hydrogen) atoms. The number of carbonyl (C=O) groups is 1. The number of hydrogen-bond acceptors (Lipinski definition) is 2. The Labute approximate surface area is 133 Å². The maximum Gasteiger partial charge on any atom is 0.153 e. The molecule has 1 N–H and O–H groups in total. The number of aldehydes is 1. The molecule has 3 rings (SSSR count). The molecule has 1 aromatic carbocycles. The zero-order valence-electron chi connectivity index (χ0n) is 13.7. The van der Waals surface area contributed by atoms with Crippen LogP contribution >= 0.6 is 0 Å².